The lowest BCUT2D eigenvalue weighted by Crippen LogP contribution is -2.43. The van der Waals surface area contributed by atoms with Gasteiger partial charge < -0.3 is 5.11 Å². The number of ketones is 1. The summed E-state index contributed by atoms with van der Waals surface area (Å²) in [5.41, 5.74) is -1.01. The Kier molecular flexibility index (Phi) is 6.07. The van der Waals surface area contributed by atoms with Crippen molar-refractivity contribution in [2.45, 2.75) is 36.4 Å². The molecule has 0 aromatic rings. The first-order chi connectivity index (χ1) is 7.39. The Morgan fingerprint density at radius 1 is 1.24 bits per heavy atom. The van der Waals surface area contributed by atoms with Crippen LogP contribution in [0.4, 0.5) is 0 Å². The summed E-state index contributed by atoms with van der Waals surface area (Å²) in [6.45, 7) is 4.35. The van der Waals surface area contributed by atoms with E-state index in [-0.39, 0.29) is 6.42 Å². The van der Waals surface area contributed by atoms with Crippen molar-refractivity contribution in [2.24, 2.45) is 11.3 Å². The number of halogens is 4. The van der Waals surface area contributed by atoms with Crippen molar-refractivity contribution in [1.29, 1.82) is 0 Å². The van der Waals surface area contributed by atoms with Gasteiger partial charge in [0.25, 0.3) is 0 Å². The lowest BCUT2D eigenvalue weighted by molar-refractivity contribution is -0.150. The summed E-state index contributed by atoms with van der Waals surface area (Å²) < 4.78 is -1.58. The maximum atomic E-state index is 11.4. The Morgan fingerprint density at radius 2 is 1.65 bits per heavy atom. The first kappa shape index (κ1) is 17.3. The molecule has 0 saturated heterocycles. The summed E-state index contributed by atoms with van der Waals surface area (Å²) >= 11 is 22.9. The fraction of sp³-hybridized carbons (Fsp3) is 0.800. The van der Waals surface area contributed by atoms with Crippen LogP contribution in [0.1, 0.15) is 27.2 Å². The van der Waals surface area contributed by atoms with Gasteiger partial charge in [0.2, 0.25) is 0 Å². The second-order valence-electron chi connectivity index (χ2n) is 4.49. The smallest absolute Gasteiger partial charge is 0.314 e. The van der Waals surface area contributed by atoms with E-state index in [1.165, 1.54) is 6.92 Å². The minimum absolute atomic E-state index is 0.0384. The summed E-state index contributed by atoms with van der Waals surface area (Å²) in [6.07, 6.45) is -0.0384. The highest BCUT2D eigenvalue weighted by Crippen LogP contribution is 2.43. The third-order valence-corrected chi connectivity index (χ3v) is 3.80. The molecule has 0 aliphatic carbocycles. The molecule has 0 spiro atoms. The number of aliphatic carboxylic acids is 1. The molecule has 2 unspecified atom stereocenters. The molecule has 0 saturated carbocycles. The van der Waals surface area contributed by atoms with Crippen molar-refractivity contribution in [2.75, 3.05) is 0 Å². The third-order valence-electron chi connectivity index (χ3n) is 2.62. The summed E-state index contributed by atoms with van der Waals surface area (Å²) in [6, 6.07) is 0. The number of carboxylic acid groups (broad SMARTS) is 1. The van der Waals surface area contributed by atoms with Gasteiger partial charge in [-0.1, -0.05) is 48.7 Å². The van der Waals surface area contributed by atoms with Crippen molar-refractivity contribution in [3.8, 4) is 0 Å². The fourth-order valence-corrected chi connectivity index (χ4v) is 2.72. The Morgan fingerprint density at radius 3 is 1.88 bits per heavy atom. The van der Waals surface area contributed by atoms with Gasteiger partial charge in [0, 0.05) is 17.2 Å². The van der Waals surface area contributed by atoms with Crippen LogP contribution in [0.25, 0.3) is 0 Å². The van der Waals surface area contributed by atoms with Crippen molar-refractivity contribution < 1.29 is 14.7 Å². The van der Waals surface area contributed by atoms with Crippen LogP contribution >= 0.6 is 46.4 Å². The number of alkyl halides is 4. The zero-order valence-corrected chi connectivity index (χ0v) is 12.7. The molecule has 0 radical (unpaired) electrons. The summed E-state index contributed by atoms with van der Waals surface area (Å²) in [4.78, 5) is 22.4. The highest BCUT2D eigenvalue weighted by atomic mass is 35.6. The quantitative estimate of drug-likeness (QED) is 0.620. The minimum atomic E-state index is -1.58. The number of carbonyl (C=O) groups is 2. The molecule has 1 N–H and O–H groups in total. The van der Waals surface area contributed by atoms with E-state index >= 15 is 0 Å². The van der Waals surface area contributed by atoms with Crippen LogP contribution in [0.2, 0.25) is 0 Å². The van der Waals surface area contributed by atoms with Gasteiger partial charge in [-0.2, -0.15) is 0 Å². The molecule has 0 heterocycles. The second-order valence-corrected chi connectivity index (χ2v) is 7.53. The van der Waals surface area contributed by atoms with E-state index in [2.05, 4.69) is 0 Å². The maximum Gasteiger partial charge on any atom is 0.314 e. The van der Waals surface area contributed by atoms with Crippen molar-refractivity contribution in [3.63, 3.8) is 0 Å². The molecule has 0 fully saturated rings. The number of carboxylic acids is 1. The Balaban J connectivity index is 5.08. The fourth-order valence-electron chi connectivity index (χ4n) is 1.66. The van der Waals surface area contributed by atoms with Crippen molar-refractivity contribution >= 4 is 58.2 Å². The zero-order chi connectivity index (χ0) is 14.0. The van der Waals surface area contributed by atoms with E-state index in [0.717, 1.165) is 0 Å². The molecule has 3 nitrogen and oxygen atoms in total. The van der Waals surface area contributed by atoms with Crippen LogP contribution < -0.4 is 0 Å². The van der Waals surface area contributed by atoms with Gasteiger partial charge in [0.15, 0.2) is 3.79 Å². The average Bonchev–Trinajstić information content (AvgIpc) is 1.97. The average molecular weight is 324 g/mol. The van der Waals surface area contributed by atoms with E-state index in [1.54, 1.807) is 13.8 Å². The first-order valence-corrected chi connectivity index (χ1v) is 6.40. The summed E-state index contributed by atoms with van der Waals surface area (Å²) in [7, 11) is 0. The molecule has 100 valence electrons. The molecule has 2 atom stereocenters. The highest BCUT2D eigenvalue weighted by Gasteiger charge is 2.45. The third kappa shape index (κ3) is 5.21. The van der Waals surface area contributed by atoms with Gasteiger partial charge >= 0.3 is 5.97 Å². The molecule has 0 aromatic heterocycles. The largest absolute Gasteiger partial charge is 0.481 e. The van der Waals surface area contributed by atoms with E-state index < -0.39 is 32.3 Å². The Labute approximate surface area is 120 Å². The molecule has 0 bridgehead atoms. The Bertz CT molecular complexity index is 295. The SMILES string of the molecule is CC(=O)C(C(=O)O)C(C)(C)C(Cl)CC(Cl)(Cl)Cl. The standard InChI is InChI=1S/C10H14Cl4O3/c1-5(15)7(8(16)17)9(2,3)6(11)4-10(12,13)14/h6-7H,4H2,1-3H3,(H,16,17). The molecule has 17 heavy (non-hydrogen) atoms. The summed E-state index contributed by atoms with van der Waals surface area (Å²) in [5, 5.41) is 8.30. The number of hydrogen-bond acceptors (Lipinski definition) is 2. The van der Waals surface area contributed by atoms with E-state index in [9.17, 15) is 9.59 Å². The summed E-state index contributed by atoms with van der Waals surface area (Å²) in [5.74, 6) is -2.92. The van der Waals surface area contributed by atoms with E-state index in [0.29, 0.717) is 0 Å². The molecular weight excluding hydrogens is 310 g/mol. The number of carbonyl (C=O) groups excluding carboxylic acids is 1. The topological polar surface area (TPSA) is 54.4 Å². The van der Waals surface area contributed by atoms with Crippen LogP contribution in [-0.2, 0) is 9.59 Å². The van der Waals surface area contributed by atoms with Crippen LogP contribution in [0.3, 0.4) is 0 Å². The predicted molar refractivity (Wildman–Crippen MR) is 70.1 cm³/mol. The van der Waals surface area contributed by atoms with Gasteiger partial charge in [-0.15, -0.1) is 11.6 Å². The van der Waals surface area contributed by atoms with Gasteiger partial charge in [-0.3, -0.25) is 9.59 Å². The first-order valence-electron chi connectivity index (χ1n) is 4.83. The van der Waals surface area contributed by atoms with Gasteiger partial charge in [-0.05, 0) is 6.92 Å². The number of rotatable bonds is 5. The predicted octanol–water partition coefficient (Wildman–Crippen LogP) is 3.67. The minimum Gasteiger partial charge on any atom is -0.481 e. The zero-order valence-electron chi connectivity index (χ0n) is 9.64. The van der Waals surface area contributed by atoms with Crippen LogP contribution in [0, 0.1) is 11.3 Å². The van der Waals surface area contributed by atoms with E-state index in [1.807, 2.05) is 0 Å². The molecule has 0 amide bonds. The van der Waals surface area contributed by atoms with Gasteiger partial charge in [0.1, 0.15) is 11.7 Å². The van der Waals surface area contributed by atoms with Crippen LogP contribution in [0.5, 0.6) is 0 Å². The van der Waals surface area contributed by atoms with Crippen LogP contribution in [-0.4, -0.2) is 26.0 Å². The molecule has 0 rings (SSSR count). The normalized spacial score (nSPS) is 16.4. The Hall–Kier alpha value is 0.300. The number of hydrogen-bond donors (Lipinski definition) is 1. The highest BCUT2D eigenvalue weighted by molar-refractivity contribution is 6.67. The second kappa shape index (κ2) is 5.96. The number of Topliss-reactive ketones (excluding diaryl/α,β-unsaturated/α-hetero) is 1. The van der Waals surface area contributed by atoms with Crippen molar-refractivity contribution in [3.05, 3.63) is 0 Å². The molecule has 0 aliphatic heterocycles. The monoisotopic (exact) mass is 322 g/mol. The maximum absolute atomic E-state index is 11.4. The molecule has 0 aliphatic rings. The lowest BCUT2D eigenvalue weighted by atomic mass is 9.73. The molecule has 0 aromatic carbocycles. The molecular formula is C10H14Cl4O3. The van der Waals surface area contributed by atoms with E-state index in [4.69, 9.17) is 51.5 Å². The molecule has 7 heteroatoms. The van der Waals surface area contributed by atoms with Gasteiger partial charge in [0.05, 0.1) is 0 Å². The van der Waals surface area contributed by atoms with Crippen molar-refractivity contribution in [1.82, 2.24) is 0 Å². The van der Waals surface area contributed by atoms with Gasteiger partial charge in [-0.25, -0.2) is 0 Å². The lowest BCUT2D eigenvalue weighted by Gasteiger charge is -2.35. The van der Waals surface area contributed by atoms with Crippen LogP contribution in [0.15, 0.2) is 0 Å².